The van der Waals surface area contributed by atoms with Crippen LogP contribution in [0.5, 0.6) is 0 Å². The van der Waals surface area contributed by atoms with Crippen molar-refractivity contribution < 1.29 is 4.73 Å². The zero-order valence-electron chi connectivity index (χ0n) is 8.81. The second-order valence-corrected chi connectivity index (χ2v) is 3.65. The summed E-state index contributed by atoms with van der Waals surface area (Å²) >= 11 is 0. The van der Waals surface area contributed by atoms with E-state index in [4.69, 9.17) is 0 Å². The van der Waals surface area contributed by atoms with E-state index in [0.29, 0.717) is 5.82 Å². The molecule has 0 aliphatic carbocycles. The topological polar surface area (TPSA) is 39.8 Å². The quantitative estimate of drug-likeness (QED) is 0.565. The Morgan fingerprint density at radius 3 is 2.93 bits per heavy atom. The molecule has 0 saturated heterocycles. The molecule has 78 valence electrons. The van der Waals surface area contributed by atoms with E-state index >= 15 is 0 Å². The van der Waals surface area contributed by atoms with E-state index in [9.17, 15) is 5.21 Å². The second-order valence-electron chi connectivity index (χ2n) is 3.65. The van der Waals surface area contributed by atoms with Crippen LogP contribution in [0, 0.1) is 5.21 Å². The molecule has 1 heterocycles. The summed E-state index contributed by atoms with van der Waals surface area (Å²) in [7, 11) is 0. The first-order valence-electron chi connectivity index (χ1n) is 5.29. The first-order valence-corrected chi connectivity index (χ1v) is 5.29. The predicted octanol–water partition coefficient (Wildman–Crippen LogP) is 2.21. The Labute approximate surface area is 89.0 Å². The smallest absolute Gasteiger partial charge is 0.302 e. The molecule has 0 bridgehead atoms. The molecule has 3 nitrogen and oxygen atoms in total. The number of nitrogens with zero attached hydrogens (tertiary/aromatic N) is 2. The van der Waals surface area contributed by atoms with Crippen LogP contribution in [0.2, 0.25) is 0 Å². The normalized spacial score (nSPS) is 10.7. The molecule has 2 aromatic rings. The molecule has 0 radical (unpaired) electrons. The summed E-state index contributed by atoms with van der Waals surface area (Å²) in [5, 5.41) is 12.5. The third kappa shape index (κ3) is 2.06. The van der Waals surface area contributed by atoms with Crippen LogP contribution in [0.4, 0.5) is 0 Å². The van der Waals surface area contributed by atoms with Gasteiger partial charge in [0.1, 0.15) is 6.20 Å². The van der Waals surface area contributed by atoms with Crippen LogP contribution in [0.15, 0.2) is 30.5 Å². The largest absolute Gasteiger partial charge is 0.711 e. The SMILES string of the molecule is CCCCc1nc2ccccc2c[n+]1[O-]. The molecule has 0 unspecified atom stereocenters. The van der Waals surface area contributed by atoms with Crippen LogP contribution in [-0.4, -0.2) is 4.98 Å². The minimum Gasteiger partial charge on any atom is -0.711 e. The van der Waals surface area contributed by atoms with Gasteiger partial charge in [0.25, 0.3) is 0 Å². The number of fused-ring (bicyclic) bond motifs is 1. The molecule has 0 atom stereocenters. The fourth-order valence-corrected chi connectivity index (χ4v) is 1.59. The number of aromatic nitrogens is 2. The molecule has 0 aliphatic rings. The Bertz CT molecular complexity index is 468. The van der Waals surface area contributed by atoms with E-state index in [1.807, 2.05) is 24.3 Å². The van der Waals surface area contributed by atoms with Crippen LogP contribution >= 0.6 is 0 Å². The highest BCUT2D eigenvalue weighted by atomic mass is 16.5. The predicted molar refractivity (Wildman–Crippen MR) is 59.3 cm³/mol. The van der Waals surface area contributed by atoms with Gasteiger partial charge in [-0.3, -0.25) is 0 Å². The van der Waals surface area contributed by atoms with Gasteiger partial charge in [-0.25, -0.2) is 4.73 Å². The first kappa shape index (κ1) is 9.90. The number of benzene rings is 1. The highest BCUT2D eigenvalue weighted by Crippen LogP contribution is 2.09. The molecule has 0 amide bonds. The summed E-state index contributed by atoms with van der Waals surface area (Å²) < 4.78 is 0.887. The number of aryl methyl sites for hydroxylation is 1. The molecular formula is C12H14N2O. The molecule has 0 saturated carbocycles. The molecule has 1 aromatic heterocycles. The van der Waals surface area contributed by atoms with Crippen molar-refractivity contribution in [2.45, 2.75) is 26.2 Å². The summed E-state index contributed by atoms with van der Waals surface area (Å²) in [6.45, 7) is 2.11. The lowest BCUT2D eigenvalue weighted by molar-refractivity contribution is -0.616. The highest BCUT2D eigenvalue weighted by molar-refractivity contribution is 5.76. The monoisotopic (exact) mass is 202 g/mol. The molecule has 3 heteroatoms. The lowest BCUT2D eigenvalue weighted by Crippen LogP contribution is -2.32. The summed E-state index contributed by atoms with van der Waals surface area (Å²) in [6, 6.07) is 7.69. The number of hydrogen-bond acceptors (Lipinski definition) is 2. The third-order valence-corrected chi connectivity index (χ3v) is 2.45. The summed E-state index contributed by atoms with van der Waals surface area (Å²) in [6.07, 6.45) is 4.44. The van der Waals surface area contributed by atoms with Crippen molar-refractivity contribution in [3.8, 4) is 0 Å². The van der Waals surface area contributed by atoms with Crippen molar-refractivity contribution >= 4 is 10.9 Å². The zero-order chi connectivity index (χ0) is 10.7. The molecular weight excluding hydrogens is 188 g/mol. The van der Waals surface area contributed by atoms with Crippen LogP contribution in [-0.2, 0) is 6.42 Å². The molecule has 2 rings (SSSR count). The fourth-order valence-electron chi connectivity index (χ4n) is 1.59. The summed E-state index contributed by atoms with van der Waals surface area (Å²) in [5.74, 6) is 0.621. The minimum atomic E-state index is 0.621. The van der Waals surface area contributed by atoms with Gasteiger partial charge in [-0.15, -0.1) is 0 Å². The number of hydrogen-bond donors (Lipinski definition) is 0. The van der Waals surface area contributed by atoms with E-state index < -0.39 is 0 Å². The average molecular weight is 202 g/mol. The van der Waals surface area contributed by atoms with Crippen molar-refractivity contribution in [2.75, 3.05) is 0 Å². The highest BCUT2D eigenvalue weighted by Gasteiger charge is 2.09. The van der Waals surface area contributed by atoms with Crippen molar-refractivity contribution in [3.05, 3.63) is 41.5 Å². The number of rotatable bonds is 3. The van der Waals surface area contributed by atoms with Gasteiger partial charge < -0.3 is 5.21 Å². The van der Waals surface area contributed by atoms with E-state index in [2.05, 4.69) is 11.9 Å². The van der Waals surface area contributed by atoms with E-state index in [1.54, 1.807) is 6.20 Å². The molecule has 0 spiro atoms. The number of para-hydroxylation sites is 1. The third-order valence-electron chi connectivity index (χ3n) is 2.45. The van der Waals surface area contributed by atoms with Gasteiger partial charge in [0.15, 0.2) is 5.52 Å². The Hall–Kier alpha value is -1.64. The van der Waals surface area contributed by atoms with E-state index in [-0.39, 0.29) is 0 Å². The minimum absolute atomic E-state index is 0.621. The summed E-state index contributed by atoms with van der Waals surface area (Å²) in [4.78, 5) is 4.36. The van der Waals surface area contributed by atoms with Crippen molar-refractivity contribution in [1.29, 1.82) is 0 Å². The number of unbranched alkanes of at least 4 members (excludes halogenated alkanes) is 1. The van der Waals surface area contributed by atoms with Gasteiger partial charge >= 0.3 is 5.82 Å². The maximum absolute atomic E-state index is 11.6. The lowest BCUT2D eigenvalue weighted by Gasteiger charge is -2.05. The summed E-state index contributed by atoms with van der Waals surface area (Å²) in [5.41, 5.74) is 0.899. The maximum Gasteiger partial charge on any atom is 0.302 e. The van der Waals surface area contributed by atoms with Gasteiger partial charge in [-0.1, -0.05) is 25.5 Å². The molecule has 0 N–H and O–H groups in total. The molecule has 15 heavy (non-hydrogen) atoms. The lowest BCUT2D eigenvalue weighted by atomic mass is 10.2. The first-order chi connectivity index (χ1) is 7.31. The van der Waals surface area contributed by atoms with Crippen LogP contribution < -0.4 is 4.73 Å². The molecule has 0 fully saturated rings. The van der Waals surface area contributed by atoms with E-state index in [0.717, 1.165) is 34.9 Å². The standard InChI is InChI=1S/C12H14N2O/c1-2-3-8-12-13-11-7-5-4-6-10(11)9-14(12)15/h4-7,9H,2-3,8H2,1H3. The average Bonchev–Trinajstić information content (AvgIpc) is 2.26. The second kappa shape index (κ2) is 4.26. The van der Waals surface area contributed by atoms with Crippen LogP contribution in [0.25, 0.3) is 10.9 Å². The fraction of sp³-hybridized carbons (Fsp3) is 0.333. The molecule has 1 aromatic carbocycles. The Kier molecular flexibility index (Phi) is 2.81. The van der Waals surface area contributed by atoms with Gasteiger partial charge in [0, 0.05) is 0 Å². The van der Waals surface area contributed by atoms with Gasteiger partial charge in [0.05, 0.1) is 11.8 Å². The Morgan fingerprint density at radius 2 is 2.13 bits per heavy atom. The van der Waals surface area contributed by atoms with E-state index in [1.165, 1.54) is 0 Å². The van der Waals surface area contributed by atoms with Crippen LogP contribution in [0.3, 0.4) is 0 Å². The maximum atomic E-state index is 11.6. The van der Waals surface area contributed by atoms with Gasteiger partial charge in [-0.2, -0.15) is 0 Å². The Morgan fingerprint density at radius 1 is 1.33 bits per heavy atom. The molecule has 0 aliphatic heterocycles. The van der Waals surface area contributed by atoms with Crippen molar-refractivity contribution in [3.63, 3.8) is 0 Å². The zero-order valence-corrected chi connectivity index (χ0v) is 8.81. The van der Waals surface area contributed by atoms with Crippen LogP contribution in [0.1, 0.15) is 25.6 Å². The Balaban J connectivity index is 2.43. The van der Waals surface area contributed by atoms with Crippen molar-refractivity contribution in [1.82, 2.24) is 4.98 Å². The van der Waals surface area contributed by atoms with Crippen molar-refractivity contribution in [2.24, 2.45) is 0 Å². The van der Waals surface area contributed by atoms with Gasteiger partial charge in [0.2, 0.25) is 0 Å². The van der Waals surface area contributed by atoms with Gasteiger partial charge in [-0.05, 0) is 23.5 Å².